The molecule has 1 heterocycles. The first kappa shape index (κ1) is 9.36. The highest BCUT2D eigenvalue weighted by molar-refractivity contribution is 7.13. The van der Waals surface area contributed by atoms with Crippen LogP contribution in [-0.2, 0) is 0 Å². The topological polar surface area (TPSA) is 38.9 Å². The highest BCUT2D eigenvalue weighted by atomic mass is 32.1. The summed E-state index contributed by atoms with van der Waals surface area (Å²) in [7, 11) is 0. The minimum Gasteiger partial charge on any atom is -0.382 e. The fourth-order valence-electron chi connectivity index (χ4n) is 1.87. The van der Waals surface area contributed by atoms with Gasteiger partial charge in [0.15, 0.2) is 0 Å². The minimum absolute atomic E-state index is 0.624. The summed E-state index contributed by atoms with van der Waals surface area (Å²) in [6, 6.07) is 16.4. The maximum absolute atomic E-state index is 5.91. The number of rotatable bonds is 1. The van der Waals surface area contributed by atoms with Gasteiger partial charge in [0.1, 0.15) is 5.82 Å². The van der Waals surface area contributed by atoms with Gasteiger partial charge >= 0.3 is 0 Å². The van der Waals surface area contributed by atoms with Crippen molar-refractivity contribution in [1.29, 1.82) is 0 Å². The number of hydrogen-bond donors (Lipinski definition) is 1. The van der Waals surface area contributed by atoms with Gasteiger partial charge in [0.05, 0.1) is 4.70 Å². The Morgan fingerprint density at radius 3 is 2.56 bits per heavy atom. The molecular weight excluding hydrogens is 216 g/mol. The molecule has 0 aliphatic heterocycles. The van der Waals surface area contributed by atoms with E-state index in [1.54, 1.807) is 0 Å². The summed E-state index contributed by atoms with van der Waals surface area (Å²) in [5.74, 6) is 0.624. The van der Waals surface area contributed by atoms with Gasteiger partial charge < -0.3 is 5.73 Å². The van der Waals surface area contributed by atoms with Crippen molar-refractivity contribution in [3.63, 3.8) is 0 Å². The minimum atomic E-state index is 0.624. The van der Waals surface area contributed by atoms with Crippen LogP contribution in [0.2, 0.25) is 0 Å². The molecule has 16 heavy (non-hydrogen) atoms. The third kappa shape index (κ3) is 1.37. The molecule has 2 aromatic carbocycles. The number of aromatic nitrogens is 1. The second kappa shape index (κ2) is 3.61. The summed E-state index contributed by atoms with van der Waals surface area (Å²) in [6.45, 7) is 0. The van der Waals surface area contributed by atoms with Crippen molar-refractivity contribution in [1.82, 2.24) is 4.37 Å². The molecule has 0 fully saturated rings. The Bertz CT molecular complexity index is 629. The van der Waals surface area contributed by atoms with Crippen LogP contribution in [0.4, 0.5) is 5.82 Å². The predicted molar refractivity (Wildman–Crippen MR) is 69.5 cm³/mol. The Balaban J connectivity index is 2.36. The number of anilines is 1. The zero-order valence-corrected chi connectivity index (χ0v) is 9.37. The standard InChI is InChI=1S/C13H10N2S/c14-13-12-10(9-5-2-1-3-6-9)7-4-8-11(12)16-15-13/h1-8H,(H2,14,15). The molecule has 3 aromatic rings. The predicted octanol–water partition coefficient (Wildman–Crippen LogP) is 3.55. The van der Waals surface area contributed by atoms with Gasteiger partial charge in [-0.2, -0.15) is 4.37 Å². The quantitative estimate of drug-likeness (QED) is 0.689. The first-order valence-electron chi connectivity index (χ1n) is 5.05. The summed E-state index contributed by atoms with van der Waals surface area (Å²) in [4.78, 5) is 0. The first-order chi connectivity index (χ1) is 7.86. The number of hydrogen-bond acceptors (Lipinski definition) is 3. The van der Waals surface area contributed by atoms with Gasteiger partial charge in [0, 0.05) is 5.39 Å². The number of nitrogen functional groups attached to an aromatic ring is 1. The van der Waals surface area contributed by atoms with E-state index in [1.165, 1.54) is 17.1 Å². The average Bonchev–Trinajstić information content (AvgIpc) is 2.73. The lowest BCUT2D eigenvalue weighted by molar-refractivity contribution is 1.58. The Kier molecular flexibility index (Phi) is 2.11. The van der Waals surface area contributed by atoms with Gasteiger partial charge in [-0.25, -0.2) is 0 Å². The third-order valence-electron chi connectivity index (χ3n) is 2.61. The highest BCUT2D eigenvalue weighted by Gasteiger charge is 2.08. The molecule has 0 unspecified atom stereocenters. The smallest absolute Gasteiger partial charge is 0.145 e. The van der Waals surface area contributed by atoms with Gasteiger partial charge in [0.2, 0.25) is 0 Å². The van der Waals surface area contributed by atoms with E-state index in [0.29, 0.717) is 5.82 Å². The molecule has 3 rings (SSSR count). The molecule has 0 saturated carbocycles. The molecule has 1 aromatic heterocycles. The zero-order valence-electron chi connectivity index (χ0n) is 8.55. The maximum atomic E-state index is 5.91. The van der Waals surface area contributed by atoms with Crippen LogP contribution < -0.4 is 5.73 Å². The van der Waals surface area contributed by atoms with Gasteiger partial charge in [-0.05, 0) is 28.7 Å². The van der Waals surface area contributed by atoms with Crippen LogP contribution in [-0.4, -0.2) is 4.37 Å². The number of fused-ring (bicyclic) bond motifs is 1. The second-order valence-electron chi connectivity index (χ2n) is 3.61. The number of benzene rings is 2. The lowest BCUT2D eigenvalue weighted by atomic mass is 10.0. The molecule has 0 atom stereocenters. The lowest BCUT2D eigenvalue weighted by Gasteiger charge is -2.03. The lowest BCUT2D eigenvalue weighted by Crippen LogP contribution is -1.86. The molecule has 0 saturated heterocycles. The molecular formula is C13H10N2S. The highest BCUT2D eigenvalue weighted by Crippen LogP contribution is 2.34. The summed E-state index contributed by atoms with van der Waals surface area (Å²) in [5.41, 5.74) is 8.25. The van der Waals surface area contributed by atoms with E-state index in [4.69, 9.17) is 5.73 Å². The Morgan fingerprint density at radius 1 is 0.938 bits per heavy atom. The van der Waals surface area contributed by atoms with Crippen LogP contribution >= 0.6 is 11.5 Å². The number of nitrogens with two attached hydrogens (primary N) is 1. The van der Waals surface area contributed by atoms with Crippen LogP contribution in [0.25, 0.3) is 21.2 Å². The molecule has 0 spiro atoms. The Labute approximate surface area is 97.5 Å². The van der Waals surface area contributed by atoms with Crippen molar-refractivity contribution in [3.8, 4) is 11.1 Å². The summed E-state index contributed by atoms with van der Waals surface area (Å²) in [6.07, 6.45) is 0. The summed E-state index contributed by atoms with van der Waals surface area (Å²) in [5, 5.41) is 1.07. The fraction of sp³-hybridized carbons (Fsp3) is 0. The van der Waals surface area contributed by atoms with E-state index in [1.807, 2.05) is 24.3 Å². The molecule has 2 nitrogen and oxygen atoms in total. The largest absolute Gasteiger partial charge is 0.382 e. The van der Waals surface area contributed by atoms with Gasteiger partial charge in [-0.3, -0.25) is 0 Å². The molecule has 0 aliphatic carbocycles. The van der Waals surface area contributed by atoms with E-state index in [-0.39, 0.29) is 0 Å². The van der Waals surface area contributed by atoms with Gasteiger partial charge in [0.25, 0.3) is 0 Å². The molecule has 3 heteroatoms. The van der Waals surface area contributed by atoms with Crippen LogP contribution in [0.1, 0.15) is 0 Å². The average molecular weight is 226 g/mol. The van der Waals surface area contributed by atoms with Crippen LogP contribution in [0.15, 0.2) is 48.5 Å². The molecule has 0 radical (unpaired) electrons. The monoisotopic (exact) mass is 226 g/mol. The first-order valence-corrected chi connectivity index (χ1v) is 5.83. The SMILES string of the molecule is Nc1nsc2cccc(-c3ccccc3)c12. The van der Waals surface area contributed by atoms with Crippen molar-refractivity contribution >= 4 is 27.4 Å². The summed E-state index contributed by atoms with van der Waals surface area (Å²) < 4.78 is 5.34. The normalized spacial score (nSPS) is 10.8. The zero-order chi connectivity index (χ0) is 11.0. The maximum Gasteiger partial charge on any atom is 0.145 e. The molecule has 2 N–H and O–H groups in total. The van der Waals surface area contributed by atoms with E-state index in [2.05, 4.69) is 28.6 Å². The van der Waals surface area contributed by atoms with Gasteiger partial charge in [-0.15, -0.1) is 0 Å². The molecule has 0 bridgehead atoms. The van der Waals surface area contributed by atoms with Crippen molar-refractivity contribution in [3.05, 3.63) is 48.5 Å². The van der Waals surface area contributed by atoms with Crippen LogP contribution in [0, 0.1) is 0 Å². The van der Waals surface area contributed by atoms with Gasteiger partial charge in [-0.1, -0.05) is 42.5 Å². The summed E-state index contributed by atoms with van der Waals surface area (Å²) >= 11 is 1.45. The molecule has 78 valence electrons. The van der Waals surface area contributed by atoms with Crippen molar-refractivity contribution in [2.75, 3.05) is 5.73 Å². The van der Waals surface area contributed by atoms with Crippen LogP contribution in [0.5, 0.6) is 0 Å². The molecule has 0 aliphatic rings. The molecule has 0 amide bonds. The fourth-order valence-corrected chi connectivity index (χ4v) is 2.61. The van der Waals surface area contributed by atoms with Crippen molar-refractivity contribution in [2.45, 2.75) is 0 Å². The van der Waals surface area contributed by atoms with Crippen molar-refractivity contribution < 1.29 is 0 Å². The van der Waals surface area contributed by atoms with Crippen LogP contribution in [0.3, 0.4) is 0 Å². The third-order valence-corrected chi connectivity index (χ3v) is 3.43. The van der Waals surface area contributed by atoms with E-state index in [0.717, 1.165) is 15.6 Å². The second-order valence-corrected chi connectivity index (χ2v) is 4.42. The Morgan fingerprint density at radius 2 is 1.75 bits per heavy atom. The van der Waals surface area contributed by atoms with E-state index in [9.17, 15) is 0 Å². The Hall–Kier alpha value is -1.87. The van der Waals surface area contributed by atoms with Crippen molar-refractivity contribution in [2.24, 2.45) is 0 Å². The van der Waals surface area contributed by atoms with E-state index < -0.39 is 0 Å². The van der Waals surface area contributed by atoms with E-state index >= 15 is 0 Å². The number of nitrogens with zero attached hydrogens (tertiary/aromatic N) is 1.